The molecule has 0 saturated heterocycles. The SMILES string of the molecule is C=CC(N)=O.c1cnccn1. The van der Waals surface area contributed by atoms with Crippen LogP contribution in [0, 0.1) is 0 Å². The van der Waals surface area contributed by atoms with Crippen molar-refractivity contribution in [2.75, 3.05) is 0 Å². The lowest BCUT2D eigenvalue weighted by atomic mass is 10.6. The Kier molecular flexibility index (Phi) is 5.41. The molecule has 0 aromatic carbocycles. The van der Waals surface area contributed by atoms with Crippen molar-refractivity contribution < 1.29 is 4.79 Å². The number of carbonyl (C=O) groups excluding carboxylic acids is 1. The number of nitrogens with zero attached hydrogens (tertiary/aromatic N) is 2. The molecule has 1 aromatic heterocycles. The molecule has 0 aliphatic carbocycles. The maximum atomic E-state index is 9.47. The third-order valence-electron chi connectivity index (χ3n) is 0.679. The molecule has 1 amide bonds. The molecule has 11 heavy (non-hydrogen) atoms. The highest BCUT2D eigenvalue weighted by Crippen LogP contribution is 1.65. The van der Waals surface area contributed by atoms with Crippen LogP contribution in [0.5, 0.6) is 0 Å². The van der Waals surface area contributed by atoms with E-state index >= 15 is 0 Å². The van der Waals surface area contributed by atoms with Gasteiger partial charge in [-0.3, -0.25) is 14.8 Å². The molecule has 1 rings (SSSR count). The highest BCUT2D eigenvalue weighted by Gasteiger charge is 1.69. The zero-order valence-corrected chi connectivity index (χ0v) is 5.97. The maximum Gasteiger partial charge on any atom is 0.240 e. The first-order chi connectivity index (χ1) is 5.27. The third-order valence-corrected chi connectivity index (χ3v) is 0.679. The number of rotatable bonds is 1. The second kappa shape index (κ2) is 6.41. The van der Waals surface area contributed by atoms with Crippen LogP contribution in [0.2, 0.25) is 0 Å². The maximum absolute atomic E-state index is 9.47. The van der Waals surface area contributed by atoms with Gasteiger partial charge >= 0.3 is 0 Å². The van der Waals surface area contributed by atoms with E-state index in [1.165, 1.54) is 0 Å². The van der Waals surface area contributed by atoms with Gasteiger partial charge in [-0.25, -0.2) is 0 Å². The fraction of sp³-hybridized carbons (Fsp3) is 0. The summed E-state index contributed by atoms with van der Waals surface area (Å²) in [7, 11) is 0. The molecule has 1 aromatic rings. The van der Waals surface area contributed by atoms with Crippen molar-refractivity contribution in [3.8, 4) is 0 Å². The molecule has 4 heteroatoms. The number of aromatic nitrogens is 2. The van der Waals surface area contributed by atoms with Gasteiger partial charge in [0.15, 0.2) is 0 Å². The fourth-order valence-corrected chi connectivity index (χ4v) is 0.253. The van der Waals surface area contributed by atoms with Gasteiger partial charge in [0.2, 0.25) is 5.91 Å². The van der Waals surface area contributed by atoms with Gasteiger partial charge in [-0.05, 0) is 6.08 Å². The third kappa shape index (κ3) is 8.29. The van der Waals surface area contributed by atoms with E-state index in [0.717, 1.165) is 6.08 Å². The number of hydrogen-bond donors (Lipinski definition) is 1. The van der Waals surface area contributed by atoms with Crippen molar-refractivity contribution >= 4 is 5.91 Å². The summed E-state index contributed by atoms with van der Waals surface area (Å²) in [5, 5.41) is 0. The summed E-state index contributed by atoms with van der Waals surface area (Å²) in [5.41, 5.74) is 4.53. The Morgan fingerprint density at radius 1 is 1.27 bits per heavy atom. The summed E-state index contributed by atoms with van der Waals surface area (Å²) < 4.78 is 0. The Morgan fingerprint density at radius 3 is 1.64 bits per heavy atom. The first-order valence-electron chi connectivity index (χ1n) is 2.89. The van der Waals surface area contributed by atoms with Gasteiger partial charge in [-0.1, -0.05) is 6.58 Å². The zero-order valence-electron chi connectivity index (χ0n) is 5.97. The molecule has 1 heterocycles. The molecule has 0 spiro atoms. The van der Waals surface area contributed by atoms with Crippen LogP contribution in [-0.2, 0) is 4.79 Å². The second-order valence-corrected chi connectivity index (χ2v) is 1.50. The summed E-state index contributed by atoms with van der Waals surface area (Å²) in [4.78, 5) is 16.9. The Morgan fingerprint density at radius 2 is 1.55 bits per heavy atom. The normalized spacial score (nSPS) is 7.27. The summed E-state index contributed by atoms with van der Waals surface area (Å²) in [6.07, 6.45) is 7.61. The van der Waals surface area contributed by atoms with E-state index in [1.54, 1.807) is 24.8 Å². The van der Waals surface area contributed by atoms with Gasteiger partial charge < -0.3 is 5.73 Å². The van der Waals surface area contributed by atoms with Crippen molar-refractivity contribution in [3.63, 3.8) is 0 Å². The largest absolute Gasteiger partial charge is 0.366 e. The molecule has 0 radical (unpaired) electrons. The molecule has 0 aliphatic heterocycles. The first-order valence-corrected chi connectivity index (χ1v) is 2.89. The van der Waals surface area contributed by atoms with E-state index in [2.05, 4.69) is 22.3 Å². The van der Waals surface area contributed by atoms with E-state index in [4.69, 9.17) is 0 Å². The van der Waals surface area contributed by atoms with E-state index in [9.17, 15) is 4.79 Å². The van der Waals surface area contributed by atoms with Gasteiger partial charge in [0.1, 0.15) is 0 Å². The average molecular weight is 151 g/mol. The van der Waals surface area contributed by atoms with Gasteiger partial charge in [0, 0.05) is 24.8 Å². The average Bonchev–Trinajstić information content (AvgIpc) is 2.09. The lowest BCUT2D eigenvalue weighted by Gasteiger charge is -1.70. The Labute approximate surface area is 64.8 Å². The van der Waals surface area contributed by atoms with Crippen LogP contribution in [0.3, 0.4) is 0 Å². The molecular formula is C7H9N3O. The van der Waals surface area contributed by atoms with Gasteiger partial charge in [-0.15, -0.1) is 0 Å². The van der Waals surface area contributed by atoms with Crippen LogP contribution in [0.4, 0.5) is 0 Å². The molecule has 0 unspecified atom stereocenters. The molecule has 0 aliphatic rings. The molecule has 0 bridgehead atoms. The monoisotopic (exact) mass is 151 g/mol. The Balaban J connectivity index is 0.000000187. The molecule has 2 N–H and O–H groups in total. The predicted molar refractivity (Wildman–Crippen MR) is 41.4 cm³/mol. The van der Waals surface area contributed by atoms with Crippen LogP contribution in [-0.4, -0.2) is 15.9 Å². The van der Waals surface area contributed by atoms with E-state index in [1.807, 2.05) is 0 Å². The lowest BCUT2D eigenvalue weighted by Crippen LogP contribution is -2.04. The Hall–Kier alpha value is -1.71. The molecule has 0 atom stereocenters. The number of primary amides is 1. The minimum Gasteiger partial charge on any atom is -0.366 e. The molecular weight excluding hydrogens is 142 g/mol. The van der Waals surface area contributed by atoms with Gasteiger partial charge in [0.05, 0.1) is 0 Å². The minimum absolute atomic E-state index is 0.481. The summed E-state index contributed by atoms with van der Waals surface area (Å²) >= 11 is 0. The van der Waals surface area contributed by atoms with Crippen LogP contribution in [0.15, 0.2) is 37.4 Å². The minimum atomic E-state index is -0.481. The van der Waals surface area contributed by atoms with E-state index < -0.39 is 5.91 Å². The number of carbonyl (C=O) groups is 1. The highest BCUT2D eigenvalue weighted by atomic mass is 16.1. The summed E-state index contributed by atoms with van der Waals surface area (Å²) in [6, 6.07) is 0. The smallest absolute Gasteiger partial charge is 0.240 e. The standard InChI is InChI=1S/C4H4N2.C3H5NO/c1-2-6-4-3-5-1;1-2-3(4)5/h1-4H;2H,1H2,(H2,4,5). The number of nitrogens with two attached hydrogens (primary N) is 1. The predicted octanol–water partition coefficient (Wildman–Crippen LogP) is 0.134. The molecule has 4 nitrogen and oxygen atoms in total. The van der Waals surface area contributed by atoms with Crippen LogP contribution >= 0.6 is 0 Å². The van der Waals surface area contributed by atoms with E-state index in [-0.39, 0.29) is 0 Å². The van der Waals surface area contributed by atoms with Gasteiger partial charge in [0.25, 0.3) is 0 Å². The zero-order chi connectivity index (χ0) is 8.53. The molecule has 0 saturated carbocycles. The molecule has 58 valence electrons. The van der Waals surface area contributed by atoms with Crippen LogP contribution in [0.25, 0.3) is 0 Å². The van der Waals surface area contributed by atoms with Crippen LogP contribution in [0.1, 0.15) is 0 Å². The van der Waals surface area contributed by atoms with Crippen molar-refractivity contribution in [3.05, 3.63) is 37.4 Å². The number of amides is 1. The Bertz CT molecular complexity index is 183. The lowest BCUT2D eigenvalue weighted by molar-refractivity contribution is -0.113. The fourth-order valence-electron chi connectivity index (χ4n) is 0.253. The van der Waals surface area contributed by atoms with Crippen molar-refractivity contribution in [1.82, 2.24) is 9.97 Å². The molecule has 0 fully saturated rings. The van der Waals surface area contributed by atoms with E-state index in [0.29, 0.717) is 0 Å². The van der Waals surface area contributed by atoms with Crippen molar-refractivity contribution in [2.45, 2.75) is 0 Å². The van der Waals surface area contributed by atoms with Crippen molar-refractivity contribution in [1.29, 1.82) is 0 Å². The first kappa shape index (κ1) is 9.29. The summed E-state index contributed by atoms with van der Waals surface area (Å²) in [6.45, 7) is 3.09. The summed E-state index contributed by atoms with van der Waals surface area (Å²) in [5.74, 6) is -0.481. The number of hydrogen-bond acceptors (Lipinski definition) is 3. The van der Waals surface area contributed by atoms with Gasteiger partial charge in [-0.2, -0.15) is 0 Å². The topological polar surface area (TPSA) is 68.9 Å². The van der Waals surface area contributed by atoms with Crippen LogP contribution < -0.4 is 5.73 Å². The second-order valence-electron chi connectivity index (χ2n) is 1.50. The highest BCUT2D eigenvalue weighted by molar-refractivity contribution is 5.84. The quantitative estimate of drug-likeness (QED) is 0.580. The van der Waals surface area contributed by atoms with Crippen molar-refractivity contribution in [2.24, 2.45) is 5.73 Å².